The van der Waals surface area contributed by atoms with E-state index in [-0.39, 0.29) is 11.5 Å². The summed E-state index contributed by atoms with van der Waals surface area (Å²) >= 11 is 0. The number of carbonyl (C=O) groups is 1. The summed E-state index contributed by atoms with van der Waals surface area (Å²) in [5.74, 6) is 0.476. The first-order valence-electron chi connectivity index (χ1n) is 18.4. The topological polar surface area (TPSA) is 76.0 Å². The Bertz CT molecular complexity index is 834. The van der Waals surface area contributed by atoms with Gasteiger partial charge in [-0.1, -0.05) is 150 Å². The zero-order valence-electron chi connectivity index (χ0n) is 28.7. The number of rotatable bonds is 29. The number of carboxylic acid groups (broad SMARTS) is 1. The molecule has 2 N–H and O–H groups in total. The molecule has 0 saturated carbocycles. The van der Waals surface area contributed by atoms with Gasteiger partial charge in [0.1, 0.15) is 0 Å². The van der Waals surface area contributed by atoms with Crippen LogP contribution in [0.1, 0.15) is 192 Å². The highest BCUT2D eigenvalue weighted by Gasteiger charge is 2.27. The van der Waals surface area contributed by atoms with Crippen molar-refractivity contribution >= 4 is 6.16 Å². The van der Waals surface area contributed by atoms with Gasteiger partial charge in [0, 0.05) is 11.1 Å². The average Bonchev–Trinajstić information content (AvgIpc) is 2.99. The van der Waals surface area contributed by atoms with Gasteiger partial charge in [-0.15, -0.1) is 0 Å². The predicted octanol–water partition coefficient (Wildman–Crippen LogP) is 12.5. The Kier molecular flexibility index (Phi) is 24.1. The standard InChI is InChI=1S/C38H68O5/c1-5-9-13-16-19-22-25-28-32-33(29-26-23-20-17-14-10-6-2)35(39)37(43-38(40)41)36(42-31-12-8-4)34(32)30-27-24-21-18-15-11-7-3/h39H,5-31H2,1-4H3,(H,40,41). The van der Waals surface area contributed by atoms with Gasteiger partial charge in [0.2, 0.25) is 5.75 Å². The molecule has 0 atom stereocenters. The van der Waals surface area contributed by atoms with Gasteiger partial charge >= 0.3 is 6.16 Å². The fraction of sp³-hybridized carbons (Fsp3) is 0.816. The third kappa shape index (κ3) is 17.2. The number of hydrogen-bond donors (Lipinski definition) is 2. The van der Waals surface area contributed by atoms with E-state index in [1.807, 2.05) is 0 Å². The zero-order valence-corrected chi connectivity index (χ0v) is 28.7. The average molecular weight is 605 g/mol. The molecule has 0 amide bonds. The molecule has 0 aromatic heterocycles. The normalized spacial score (nSPS) is 11.3. The van der Waals surface area contributed by atoms with E-state index < -0.39 is 6.16 Å². The quantitative estimate of drug-likeness (QED) is 0.0540. The number of aromatic hydroxyl groups is 1. The monoisotopic (exact) mass is 605 g/mol. The third-order valence-electron chi connectivity index (χ3n) is 8.73. The van der Waals surface area contributed by atoms with Crippen LogP contribution in [0.5, 0.6) is 17.2 Å². The molecule has 1 aromatic rings. The second-order valence-corrected chi connectivity index (χ2v) is 12.6. The van der Waals surface area contributed by atoms with Crippen LogP contribution >= 0.6 is 0 Å². The van der Waals surface area contributed by atoms with Crippen LogP contribution in [0.15, 0.2) is 0 Å². The van der Waals surface area contributed by atoms with E-state index in [1.165, 1.54) is 108 Å². The first kappa shape index (κ1) is 39.1. The van der Waals surface area contributed by atoms with Gasteiger partial charge in [-0.2, -0.15) is 0 Å². The minimum atomic E-state index is -1.40. The van der Waals surface area contributed by atoms with E-state index in [1.54, 1.807) is 0 Å². The second-order valence-electron chi connectivity index (χ2n) is 12.6. The number of unbranched alkanes of at least 4 members (excludes halogenated alkanes) is 19. The molecule has 0 unspecified atom stereocenters. The Labute approximate surface area is 265 Å². The minimum Gasteiger partial charge on any atom is -0.504 e. The summed E-state index contributed by atoms with van der Waals surface area (Å²) in [6.07, 6.45) is 28.5. The van der Waals surface area contributed by atoms with Crippen LogP contribution in [0.2, 0.25) is 0 Å². The zero-order chi connectivity index (χ0) is 31.5. The van der Waals surface area contributed by atoms with Crippen LogP contribution < -0.4 is 9.47 Å². The molecule has 0 saturated heterocycles. The van der Waals surface area contributed by atoms with Crippen LogP contribution in [0, 0.1) is 0 Å². The number of benzene rings is 1. The summed E-state index contributed by atoms with van der Waals surface area (Å²) in [7, 11) is 0. The van der Waals surface area contributed by atoms with Crippen LogP contribution in [0.4, 0.5) is 4.79 Å². The van der Waals surface area contributed by atoms with Gasteiger partial charge in [0.15, 0.2) is 11.5 Å². The highest BCUT2D eigenvalue weighted by Crippen LogP contribution is 2.47. The van der Waals surface area contributed by atoms with Gasteiger partial charge in [-0.05, 0) is 50.5 Å². The summed E-state index contributed by atoms with van der Waals surface area (Å²) in [6, 6.07) is 0. The Morgan fingerprint density at radius 2 is 0.860 bits per heavy atom. The number of ether oxygens (including phenoxy) is 2. The van der Waals surface area contributed by atoms with Crippen molar-refractivity contribution in [3.63, 3.8) is 0 Å². The summed E-state index contributed by atoms with van der Waals surface area (Å²) in [6.45, 7) is 9.35. The Morgan fingerprint density at radius 1 is 0.488 bits per heavy atom. The molecule has 5 nitrogen and oxygen atoms in total. The molecule has 0 spiro atoms. The van der Waals surface area contributed by atoms with Gasteiger partial charge in [-0.3, -0.25) is 0 Å². The Balaban J connectivity index is 3.31. The lowest BCUT2D eigenvalue weighted by Gasteiger charge is -2.24. The second kappa shape index (κ2) is 26.5. The van der Waals surface area contributed by atoms with Crippen molar-refractivity contribution in [2.45, 2.75) is 195 Å². The fourth-order valence-electron chi connectivity index (χ4n) is 6.11. The maximum atomic E-state index is 11.8. The van der Waals surface area contributed by atoms with E-state index >= 15 is 0 Å². The smallest absolute Gasteiger partial charge is 0.504 e. The molecular weight excluding hydrogens is 536 g/mol. The molecule has 0 radical (unpaired) electrons. The predicted molar refractivity (Wildman–Crippen MR) is 182 cm³/mol. The van der Waals surface area contributed by atoms with Gasteiger partial charge in [0.25, 0.3) is 0 Å². The van der Waals surface area contributed by atoms with Crippen molar-refractivity contribution in [3.8, 4) is 17.2 Å². The lowest BCUT2D eigenvalue weighted by Crippen LogP contribution is -2.12. The van der Waals surface area contributed by atoms with Crippen LogP contribution in [0.3, 0.4) is 0 Å². The maximum absolute atomic E-state index is 11.8. The van der Waals surface area contributed by atoms with E-state index in [0.29, 0.717) is 12.4 Å². The molecular formula is C38H68O5. The molecule has 5 heteroatoms. The van der Waals surface area contributed by atoms with Crippen molar-refractivity contribution < 1.29 is 24.5 Å². The summed E-state index contributed by atoms with van der Waals surface area (Å²) < 4.78 is 11.6. The largest absolute Gasteiger partial charge is 0.511 e. The van der Waals surface area contributed by atoms with Crippen molar-refractivity contribution in [3.05, 3.63) is 16.7 Å². The van der Waals surface area contributed by atoms with Crippen molar-refractivity contribution in [1.82, 2.24) is 0 Å². The van der Waals surface area contributed by atoms with E-state index in [0.717, 1.165) is 75.3 Å². The van der Waals surface area contributed by atoms with Gasteiger partial charge < -0.3 is 19.7 Å². The molecule has 0 aliphatic heterocycles. The first-order chi connectivity index (χ1) is 21.0. The van der Waals surface area contributed by atoms with E-state index in [2.05, 4.69) is 27.7 Å². The van der Waals surface area contributed by atoms with Gasteiger partial charge in [-0.25, -0.2) is 4.79 Å². The van der Waals surface area contributed by atoms with Crippen LogP contribution in [0.25, 0.3) is 0 Å². The molecule has 0 bridgehead atoms. The molecule has 0 heterocycles. The number of phenols is 1. The molecule has 1 rings (SSSR count). The van der Waals surface area contributed by atoms with Gasteiger partial charge in [0.05, 0.1) is 6.61 Å². The fourth-order valence-corrected chi connectivity index (χ4v) is 6.11. The van der Waals surface area contributed by atoms with Crippen molar-refractivity contribution in [1.29, 1.82) is 0 Å². The summed E-state index contributed by atoms with van der Waals surface area (Å²) in [4.78, 5) is 11.8. The molecule has 43 heavy (non-hydrogen) atoms. The highest BCUT2D eigenvalue weighted by molar-refractivity contribution is 5.70. The van der Waals surface area contributed by atoms with Crippen molar-refractivity contribution in [2.24, 2.45) is 0 Å². The molecule has 0 aliphatic rings. The summed E-state index contributed by atoms with van der Waals surface area (Å²) in [5.41, 5.74) is 3.19. The van der Waals surface area contributed by atoms with Crippen molar-refractivity contribution in [2.75, 3.05) is 6.61 Å². The first-order valence-corrected chi connectivity index (χ1v) is 18.4. The molecule has 0 aliphatic carbocycles. The summed E-state index contributed by atoms with van der Waals surface area (Å²) in [5, 5.41) is 21.2. The highest BCUT2D eigenvalue weighted by atomic mass is 16.7. The number of phenolic OH excluding ortho intramolecular Hbond substituents is 1. The van der Waals surface area contributed by atoms with E-state index in [9.17, 15) is 15.0 Å². The third-order valence-corrected chi connectivity index (χ3v) is 8.73. The van der Waals surface area contributed by atoms with E-state index in [4.69, 9.17) is 9.47 Å². The molecule has 1 aromatic carbocycles. The van der Waals surface area contributed by atoms with Crippen LogP contribution in [-0.4, -0.2) is 23.0 Å². The maximum Gasteiger partial charge on any atom is 0.511 e. The molecule has 0 fully saturated rings. The van der Waals surface area contributed by atoms with Crippen LogP contribution in [-0.2, 0) is 19.3 Å². The SMILES string of the molecule is CCCCCCCCCc1c(O)c(OC(=O)O)c(OCCCC)c(CCCCCCCCC)c1CCCCCCCCC. The lowest BCUT2D eigenvalue weighted by molar-refractivity contribution is 0.140. The number of hydrogen-bond acceptors (Lipinski definition) is 4. The lowest BCUT2D eigenvalue weighted by atomic mass is 9.88. The Hall–Kier alpha value is -1.91. The Morgan fingerprint density at radius 3 is 1.28 bits per heavy atom. The molecule has 250 valence electrons. The minimum absolute atomic E-state index is 0.0128.